The van der Waals surface area contributed by atoms with Gasteiger partial charge in [-0.1, -0.05) is 5.16 Å². The summed E-state index contributed by atoms with van der Waals surface area (Å²) in [6.45, 7) is 5.09. The first-order valence-corrected chi connectivity index (χ1v) is 6.18. The lowest BCUT2D eigenvalue weighted by molar-refractivity contribution is 0.0309. The maximum Gasteiger partial charge on any atom is 0.255 e. The number of hydrogen-bond donors (Lipinski definition) is 2. The largest absolute Gasteiger partial charge is 0.370 e. The van der Waals surface area contributed by atoms with Crippen LogP contribution in [0, 0.1) is 6.92 Å². The summed E-state index contributed by atoms with van der Waals surface area (Å²) < 4.78 is 10.9. The summed E-state index contributed by atoms with van der Waals surface area (Å²) in [5.74, 6) is 1.64. The van der Waals surface area contributed by atoms with Gasteiger partial charge in [0.25, 0.3) is 5.89 Å². The first kappa shape index (κ1) is 12.8. The van der Waals surface area contributed by atoms with Gasteiger partial charge in [0.2, 0.25) is 0 Å². The summed E-state index contributed by atoms with van der Waals surface area (Å²) in [6, 6.07) is 0. The zero-order chi connectivity index (χ0) is 13.0. The van der Waals surface area contributed by atoms with Crippen molar-refractivity contribution in [2.24, 2.45) is 10.7 Å². The van der Waals surface area contributed by atoms with Crippen molar-refractivity contribution in [2.45, 2.75) is 38.9 Å². The molecule has 0 amide bonds. The smallest absolute Gasteiger partial charge is 0.255 e. The normalized spacial score (nSPS) is 24.4. The third kappa shape index (κ3) is 3.19. The van der Waals surface area contributed by atoms with E-state index in [0.29, 0.717) is 24.2 Å². The van der Waals surface area contributed by atoms with Gasteiger partial charge in [-0.3, -0.25) is 4.99 Å². The van der Waals surface area contributed by atoms with Crippen LogP contribution in [-0.2, 0) is 4.74 Å². The molecular formula is C11H19N5O2. The number of nitrogens with zero attached hydrogens (tertiary/aromatic N) is 3. The number of nitrogens with two attached hydrogens (primary N) is 1. The maximum atomic E-state index is 5.80. The Morgan fingerprint density at radius 1 is 1.56 bits per heavy atom. The van der Waals surface area contributed by atoms with Crippen LogP contribution in [0.25, 0.3) is 0 Å². The van der Waals surface area contributed by atoms with Gasteiger partial charge in [0, 0.05) is 6.54 Å². The highest BCUT2D eigenvalue weighted by molar-refractivity contribution is 5.77. The Morgan fingerprint density at radius 2 is 2.39 bits per heavy atom. The van der Waals surface area contributed by atoms with Gasteiger partial charge >= 0.3 is 0 Å². The van der Waals surface area contributed by atoms with Gasteiger partial charge in [-0.25, -0.2) is 0 Å². The summed E-state index contributed by atoms with van der Waals surface area (Å²) in [6.07, 6.45) is 1.77. The highest BCUT2D eigenvalue weighted by Gasteiger charge is 2.30. The van der Waals surface area contributed by atoms with E-state index < -0.39 is 0 Å². The van der Waals surface area contributed by atoms with Crippen LogP contribution in [0.15, 0.2) is 9.52 Å². The van der Waals surface area contributed by atoms with E-state index in [1.54, 1.807) is 6.92 Å². The molecule has 0 radical (unpaired) electrons. The molecule has 2 atom stereocenters. The van der Waals surface area contributed by atoms with Crippen molar-refractivity contribution in [1.29, 1.82) is 0 Å². The molecule has 3 N–H and O–H groups in total. The van der Waals surface area contributed by atoms with Gasteiger partial charge in [0.05, 0.1) is 12.6 Å². The van der Waals surface area contributed by atoms with E-state index in [1.165, 1.54) is 0 Å². The second-order valence-corrected chi connectivity index (χ2v) is 4.26. The molecule has 0 unspecified atom stereocenters. The first-order valence-electron chi connectivity index (χ1n) is 6.18. The zero-order valence-electron chi connectivity index (χ0n) is 10.7. The number of aryl methyl sites for hydroxylation is 1. The van der Waals surface area contributed by atoms with E-state index in [4.69, 9.17) is 15.0 Å². The molecule has 0 saturated carbocycles. The minimum atomic E-state index is -0.105. The molecule has 1 aromatic rings. The minimum Gasteiger partial charge on any atom is -0.370 e. The fourth-order valence-electron chi connectivity index (χ4n) is 1.90. The monoisotopic (exact) mass is 253 g/mol. The van der Waals surface area contributed by atoms with Crippen molar-refractivity contribution in [3.63, 3.8) is 0 Å². The van der Waals surface area contributed by atoms with Crippen LogP contribution in [0.3, 0.4) is 0 Å². The van der Waals surface area contributed by atoms with Crippen molar-refractivity contribution in [1.82, 2.24) is 15.5 Å². The third-order valence-corrected chi connectivity index (χ3v) is 2.75. The van der Waals surface area contributed by atoms with Crippen LogP contribution >= 0.6 is 0 Å². The van der Waals surface area contributed by atoms with Crippen LogP contribution in [0.2, 0.25) is 0 Å². The van der Waals surface area contributed by atoms with Crippen LogP contribution < -0.4 is 11.1 Å². The average molecular weight is 253 g/mol. The van der Waals surface area contributed by atoms with Crippen molar-refractivity contribution in [2.75, 3.05) is 13.1 Å². The predicted octanol–water partition coefficient (Wildman–Crippen LogP) is 0.522. The first-order chi connectivity index (χ1) is 8.69. The van der Waals surface area contributed by atoms with E-state index in [0.717, 1.165) is 19.4 Å². The molecule has 0 aromatic carbocycles. The Morgan fingerprint density at radius 3 is 3.06 bits per heavy atom. The van der Waals surface area contributed by atoms with E-state index >= 15 is 0 Å². The molecule has 0 aliphatic carbocycles. The number of aromatic nitrogens is 2. The molecule has 2 rings (SSSR count). The molecule has 1 aliphatic heterocycles. The molecule has 18 heavy (non-hydrogen) atoms. The van der Waals surface area contributed by atoms with Crippen molar-refractivity contribution >= 4 is 5.96 Å². The molecule has 0 spiro atoms. The summed E-state index contributed by atoms with van der Waals surface area (Å²) in [7, 11) is 0. The van der Waals surface area contributed by atoms with Gasteiger partial charge in [0.15, 0.2) is 11.8 Å². The third-order valence-electron chi connectivity index (χ3n) is 2.75. The Balaban J connectivity index is 1.83. The fourth-order valence-corrected chi connectivity index (χ4v) is 1.90. The Labute approximate surface area is 106 Å². The summed E-state index contributed by atoms with van der Waals surface area (Å²) in [5, 5.41) is 6.71. The maximum absolute atomic E-state index is 5.80. The highest BCUT2D eigenvalue weighted by atomic mass is 16.5. The molecule has 1 aliphatic rings. The van der Waals surface area contributed by atoms with Crippen LogP contribution in [-0.4, -0.2) is 35.3 Å². The molecular weight excluding hydrogens is 234 g/mol. The molecule has 1 fully saturated rings. The summed E-state index contributed by atoms with van der Waals surface area (Å²) in [5.41, 5.74) is 5.65. The van der Waals surface area contributed by atoms with Gasteiger partial charge in [-0.05, 0) is 26.7 Å². The van der Waals surface area contributed by atoms with Crippen molar-refractivity contribution < 1.29 is 9.26 Å². The quantitative estimate of drug-likeness (QED) is 0.599. The van der Waals surface area contributed by atoms with Gasteiger partial charge in [0.1, 0.15) is 6.10 Å². The second-order valence-electron chi connectivity index (χ2n) is 4.26. The van der Waals surface area contributed by atoms with Crippen molar-refractivity contribution in [3.05, 3.63) is 11.7 Å². The zero-order valence-corrected chi connectivity index (χ0v) is 10.7. The van der Waals surface area contributed by atoms with Gasteiger partial charge in [-0.2, -0.15) is 4.98 Å². The molecule has 1 aromatic heterocycles. The standard InChI is InChI=1S/C11H19N5O2/c1-3-13-11(12)14-6-8-4-5-9(17-8)10-15-7(2)16-18-10/h8-9H,3-6H2,1-2H3,(H3,12,13,14)/t8-,9+/m1/s1. The summed E-state index contributed by atoms with van der Waals surface area (Å²) in [4.78, 5) is 8.40. The number of nitrogens with one attached hydrogen (secondary N) is 1. The molecule has 1 saturated heterocycles. The molecule has 0 bridgehead atoms. The van der Waals surface area contributed by atoms with E-state index in [1.807, 2.05) is 6.92 Å². The Hall–Kier alpha value is -1.63. The lowest BCUT2D eigenvalue weighted by Gasteiger charge is -2.09. The molecule has 2 heterocycles. The van der Waals surface area contributed by atoms with Gasteiger partial charge < -0.3 is 20.3 Å². The van der Waals surface area contributed by atoms with E-state index in [-0.39, 0.29) is 12.2 Å². The second kappa shape index (κ2) is 5.81. The molecule has 100 valence electrons. The van der Waals surface area contributed by atoms with Crippen LogP contribution in [0.1, 0.15) is 37.6 Å². The molecule has 7 heteroatoms. The number of aliphatic imine (C=N–C) groups is 1. The lowest BCUT2D eigenvalue weighted by Crippen LogP contribution is -2.32. The number of hydrogen-bond acceptors (Lipinski definition) is 5. The number of guanidine groups is 1. The minimum absolute atomic E-state index is 0.0689. The Bertz CT molecular complexity index is 417. The molecule has 7 nitrogen and oxygen atoms in total. The number of rotatable bonds is 4. The van der Waals surface area contributed by atoms with Crippen LogP contribution in [0.5, 0.6) is 0 Å². The van der Waals surface area contributed by atoms with Crippen molar-refractivity contribution in [3.8, 4) is 0 Å². The van der Waals surface area contributed by atoms with Gasteiger partial charge in [-0.15, -0.1) is 0 Å². The Kier molecular flexibility index (Phi) is 4.14. The summed E-state index contributed by atoms with van der Waals surface area (Å²) >= 11 is 0. The van der Waals surface area contributed by atoms with E-state index in [9.17, 15) is 0 Å². The number of ether oxygens (including phenoxy) is 1. The SMILES string of the molecule is CCNC(N)=NC[C@H]1CC[C@@H](c2nc(C)no2)O1. The van der Waals surface area contributed by atoms with Crippen LogP contribution in [0.4, 0.5) is 0 Å². The topological polar surface area (TPSA) is 98.6 Å². The highest BCUT2D eigenvalue weighted by Crippen LogP contribution is 2.31. The predicted molar refractivity (Wildman–Crippen MR) is 66.0 cm³/mol. The lowest BCUT2D eigenvalue weighted by atomic mass is 10.2. The van der Waals surface area contributed by atoms with E-state index in [2.05, 4.69) is 20.4 Å². The average Bonchev–Trinajstić information content (AvgIpc) is 2.95. The fraction of sp³-hybridized carbons (Fsp3) is 0.727.